The Hall–Kier alpha value is -1.62. The van der Waals surface area contributed by atoms with Crippen LogP contribution in [0.5, 0.6) is 0 Å². The summed E-state index contributed by atoms with van der Waals surface area (Å²) in [5.41, 5.74) is -0.155. The van der Waals surface area contributed by atoms with Gasteiger partial charge in [0.1, 0.15) is 5.82 Å². The lowest BCUT2D eigenvalue weighted by Gasteiger charge is -2.26. The predicted octanol–water partition coefficient (Wildman–Crippen LogP) is 1.85. The fourth-order valence-electron chi connectivity index (χ4n) is 2.23. The van der Waals surface area contributed by atoms with Gasteiger partial charge >= 0.3 is 0 Å². The first-order valence-electron chi connectivity index (χ1n) is 5.75. The van der Waals surface area contributed by atoms with E-state index in [9.17, 15) is 0 Å². The second kappa shape index (κ2) is 3.70. The second-order valence-corrected chi connectivity index (χ2v) is 4.87. The van der Waals surface area contributed by atoms with E-state index in [1.807, 2.05) is 12.1 Å². The molecule has 0 spiro atoms. The molecule has 0 amide bonds. The summed E-state index contributed by atoms with van der Waals surface area (Å²) in [5.74, 6) is 2.48. The molecule has 1 aliphatic rings. The summed E-state index contributed by atoms with van der Waals surface area (Å²) in [5, 5.41) is 8.48. The van der Waals surface area contributed by atoms with Gasteiger partial charge in [-0.25, -0.2) is 0 Å². The zero-order chi connectivity index (χ0) is 11.9. The Labute approximate surface area is 99.4 Å². The monoisotopic (exact) mass is 233 g/mol. The molecule has 0 N–H and O–H groups in total. The molecule has 0 fully saturated rings. The summed E-state index contributed by atoms with van der Waals surface area (Å²) >= 11 is 0. The number of hydrogen-bond acceptors (Lipinski definition) is 4. The lowest BCUT2D eigenvalue weighted by Crippen LogP contribution is -2.31. The van der Waals surface area contributed by atoms with Crippen LogP contribution in [0.1, 0.15) is 19.7 Å². The van der Waals surface area contributed by atoms with Crippen molar-refractivity contribution < 1.29 is 9.15 Å². The number of hydrogen-bond donors (Lipinski definition) is 0. The van der Waals surface area contributed by atoms with E-state index in [1.165, 1.54) is 0 Å². The first kappa shape index (κ1) is 10.5. The third-order valence-corrected chi connectivity index (χ3v) is 3.00. The first-order valence-corrected chi connectivity index (χ1v) is 5.75. The van der Waals surface area contributed by atoms with Gasteiger partial charge in [0.05, 0.1) is 25.0 Å². The third kappa shape index (κ3) is 1.67. The van der Waals surface area contributed by atoms with E-state index in [2.05, 4.69) is 28.6 Å². The Morgan fingerprint density at radius 1 is 1.35 bits per heavy atom. The summed E-state index contributed by atoms with van der Waals surface area (Å²) < 4.78 is 13.1. The summed E-state index contributed by atoms with van der Waals surface area (Å²) in [6.07, 6.45) is 2.44. The molecular formula is C12H15N3O2. The normalized spacial score (nSPS) is 18.7. The van der Waals surface area contributed by atoms with Crippen LogP contribution in [0.3, 0.4) is 0 Å². The molecule has 17 heavy (non-hydrogen) atoms. The standard InChI is InChI=1S/C12H15N3O2/c1-12(2)8-16-7-5-10-13-14-11(15(10)12)9-4-3-6-17-9/h3-4,6H,5,7-8H2,1-2H3. The Kier molecular flexibility index (Phi) is 2.29. The maximum Gasteiger partial charge on any atom is 0.200 e. The summed E-state index contributed by atoms with van der Waals surface area (Å²) in [6, 6.07) is 3.76. The Morgan fingerprint density at radius 3 is 3.00 bits per heavy atom. The van der Waals surface area contributed by atoms with Crippen molar-refractivity contribution in [2.24, 2.45) is 0 Å². The summed E-state index contributed by atoms with van der Waals surface area (Å²) in [7, 11) is 0. The molecule has 0 unspecified atom stereocenters. The van der Waals surface area contributed by atoms with Gasteiger partial charge in [0.25, 0.3) is 0 Å². The number of furan rings is 1. The minimum absolute atomic E-state index is 0.155. The molecular weight excluding hydrogens is 218 g/mol. The molecule has 3 heterocycles. The van der Waals surface area contributed by atoms with Crippen molar-refractivity contribution >= 4 is 0 Å². The van der Waals surface area contributed by atoms with E-state index >= 15 is 0 Å². The fraction of sp³-hybridized carbons (Fsp3) is 0.500. The quantitative estimate of drug-likeness (QED) is 0.754. The molecule has 0 bridgehead atoms. The minimum atomic E-state index is -0.155. The number of ether oxygens (including phenoxy) is 1. The van der Waals surface area contributed by atoms with Crippen molar-refractivity contribution in [3.8, 4) is 11.6 Å². The van der Waals surface area contributed by atoms with E-state index in [1.54, 1.807) is 6.26 Å². The van der Waals surface area contributed by atoms with Crippen LogP contribution in [0.2, 0.25) is 0 Å². The topological polar surface area (TPSA) is 53.1 Å². The van der Waals surface area contributed by atoms with Crippen LogP contribution in [-0.4, -0.2) is 28.0 Å². The largest absolute Gasteiger partial charge is 0.461 e. The fourth-order valence-corrected chi connectivity index (χ4v) is 2.23. The second-order valence-electron chi connectivity index (χ2n) is 4.87. The van der Waals surface area contributed by atoms with Crippen molar-refractivity contribution in [3.05, 3.63) is 24.2 Å². The van der Waals surface area contributed by atoms with Crippen molar-refractivity contribution in [1.82, 2.24) is 14.8 Å². The number of fused-ring (bicyclic) bond motifs is 1. The van der Waals surface area contributed by atoms with E-state index < -0.39 is 0 Å². The lowest BCUT2D eigenvalue weighted by molar-refractivity contribution is 0.0842. The smallest absolute Gasteiger partial charge is 0.200 e. The van der Waals surface area contributed by atoms with E-state index in [4.69, 9.17) is 9.15 Å². The van der Waals surface area contributed by atoms with Gasteiger partial charge < -0.3 is 13.7 Å². The molecule has 2 aromatic rings. The molecule has 0 saturated heterocycles. The summed E-state index contributed by atoms with van der Waals surface area (Å²) in [6.45, 7) is 5.60. The van der Waals surface area contributed by atoms with Gasteiger partial charge in [-0.05, 0) is 26.0 Å². The minimum Gasteiger partial charge on any atom is -0.461 e. The van der Waals surface area contributed by atoms with Gasteiger partial charge in [-0.15, -0.1) is 10.2 Å². The molecule has 5 heteroatoms. The molecule has 0 radical (unpaired) electrons. The highest BCUT2D eigenvalue weighted by atomic mass is 16.5. The van der Waals surface area contributed by atoms with E-state index in [-0.39, 0.29) is 5.54 Å². The van der Waals surface area contributed by atoms with Crippen LogP contribution < -0.4 is 0 Å². The molecule has 0 saturated carbocycles. The van der Waals surface area contributed by atoms with Gasteiger partial charge in [0.2, 0.25) is 0 Å². The molecule has 5 nitrogen and oxygen atoms in total. The van der Waals surface area contributed by atoms with Crippen molar-refractivity contribution in [1.29, 1.82) is 0 Å². The number of nitrogens with zero attached hydrogens (tertiary/aromatic N) is 3. The molecule has 90 valence electrons. The highest BCUT2D eigenvalue weighted by molar-refractivity contribution is 5.47. The average molecular weight is 233 g/mol. The summed E-state index contributed by atoms with van der Waals surface area (Å²) in [4.78, 5) is 0. The van der Waals surface area contributed by atoms with E-state index in [0.29, 0.717) is 13.2 Å². The lowest BCUT2D eigenvalue weighted by atomic mass is 10.1. The van der Waals surface area contributed by atoms with Gasteiger partial charge in [0, 0.05) is 6.42 Å². The number of aromatic nitrogens is 3. The first-order chi connectivity index (χ1) is 8.18. The molecule has 0 aromatic carbocycles. The van der Waals surface area contributed by atoms with Crippen LogP contribution in [0, 0.1) is 0 Å². The van der Waals surface area contributed by atoms with Gasteiger partial charge in [0.15, 0.2) is 11.6 Å². The molecule has 3 rings (SSSR count). The molecule has 0 atom stereocenters. The van der Waals surface area contributed by atoms with Crippen LogP contribution in [0.15, 0.2) is 22.8 Å². The average Bonchev–Trinajstić information content (AvgIpc) is 2.90. The highest BCUT2D eigenvalue weighted by Crippen LogP contribution is 2.28. The van der Waals surface area contributed by atoms with Crippen LogP contribution >= 0.6 is 0 Å². The van der Waals surface area contributed by atoms with Gasteiger partial charge in [-0.1, -0.05) is 0 Å². The highest BCUT2D eigenvalue weighted by Gasteiger charge is 2.31. The van der Waals surface area contributed by atoms with Crippen molar-refractivity contribution in [2.75, 3.05) is 13.2 Å². The van der Waals surface area contributed by atoms with Crippen molar-refractivity contribution in [3.63, 3.8) is 0 Å². The van der Waals surface area contributed by atoms with Gasteiger partial charge in [-0.2, -0.15) is 0 Å². The van der Waals surface area contributed by atoms with Gasteiger partial charge in [-0.3, -0.25) is 0 Å². The zero-order valence-electron chi connectivity index (χ0n) is 10.0. The Bertz CT molecular complexity index is 514. The molecule has 0 aliphatic carbocycles. The third-order valence-electron chi connectivity index (χ3n) is 3.00. The van der Waals surface area contributed by atoms with Crippen LogP contribution in [-0.2, 0) is 16.7 Å². The Morgan fingerprint density at radius 2 is 2.24 bits per heavy atom. The maximum absolute atomic E-state index is 5.60. The number of rotatable bonds is 1. The van der Waals surface area contributed by atoms with Crippen LogP contribution in [0.25, 0.3) is 11.6 Å². The van der Waals surface area contributed by atoms with Crippen LogP contribution in [0.4, 0.5) is 0 Å². The zero-order valence-corrected chi connectivity index (χ0v) is 10.0. The predicted molar refractivity (Wildman–Crippen MR) is 61.6 cm³/mol. The Balaban J connectivity index is 2.17. The molecule has 1 aliphatic heterocycles. The molecule has 2 aromatic heterocycles. The SMILES string of the molecule is CC1(C)COCCc2nnc(-c3ccco3)n21. The van der Waals surface area contributed by atoms with Crippen molar-refractivity contribution in [2.45, 2.75) is 25.8 Å². The van der Waals surface area contributed by atoms with E-state index in [0.717, 1.165) is 23.8 Å². The maximum atomic E-state index is 5.60.